The monoisotopic (exact) mass is 274 g/mol. The number of thiazole rings is 1. The van der Waals surface area contributed by atoms with Crippen molar-refractivity contribution in [2.75, 3.05) is 34.7 Å². The first-order valence-electron chi connectivity index (χ1n) is 6.31. The Morgan fingerprint density at radius 2 is 2.11 bits per heavy atom. The lowest BCUT2D eigenvalue weighted by Gasteiger charge is -2.19. The predicted molar refractivity (Wildman–Crippen MR) is 82.2 cm³/mol. The molecule has 3 nitrogen and oxygen atoms in total. The summed E-state index contributed by atoms with van der Waals surface area (Å²) in [4.78, 5) is 4.57. The lowest BCUT2D eigenvalue weighted by molar-refractivity contribution is -0.862. The molecule has 0 aliphatic rings. The molecule has 0 fully saturated rings. The van der Waals surface area contributed by atoms with Crippen LogP contribution in [-0.2, 0) is 6.54 Å². The zero-order valence-corrected chi connectivity index (χ0v) is 12.8. The SMILES string of the molecule is CNCc1nc2ccc(C#CC[N+](C)(C)C)cc2s1. The van der Waals surface area contributed by atoms with Crippen LogP contribution in [-0.4, -0.2) is 44.2 Å². The van der Waals surface area contributed by atoms with Gasteiger partial charge in [-0.1, -0.05) is 5.92 Å². The first-order valence-corrected chi connectivity index (χ1v) is 7.13. The number of hydrogen-bond donors (Lipinski definition) is 1. The minimum absolute atomic E-state index is 0.821. The second-order valence-electron chi connectivity index (χ2n) is 5.57. The van der Waals surface area contributed by atoms with Gasteiger partial charge < -0.3 is 9.80 Å². The third-order valence-electron chi connectivity index (χ3n) is 2.55. The van der Waals surface area contributed by atoms with Gasteiger partial charge in [0.15, 0.2) is 0 Å². The van der Waals surface area contributed by atoms with Crippen LogP contribution in [0.1, 0.15) is 10.6 Å². The lowest BCUT2D eigenvalue weighted by atomic mass is 10.2. The number of fused-ring (bicyclic) bond motifs is 1. The highest BCUT2D eigenvalue weighted by Gasteiger charge is 2.04. The van der Waals surface area contributed by atoms with Crippen LogP contribution < -0.4 is 5.32 Å². The molecule has 0 saturated carbocycles. The number of quaternary nitrogens is 1. The van der Waals surface area contributed by atoms with E-state index in [9.17, 15) is 0 Å². The molecule has 0 spiro atoms. The number of nitrogens with one attached hydrogen (secondary N) is 1. The molecule has 2 rings (SSSR count). The van der Waals surface area contributed by atoms with Crippen LogP contribution in [0, 0.1) is 11.8 Å². The van der Waals surface area contributed by atoms with Gasteiger partial charge in [-0.25, -0.2) is 4.98 Å². The Morgan fingerprint density at radius 3 is 2.79 bits per heavy atom. The molecule has 2 aromatic rings. The Kier molecular flexibility index (Phi) is 4.20. The second kappa shape index (κ2) is 5.70. The van der Waals surface area contributed by atoms with Crippen molar-refractivity contribution in [3.05, 3.63) is 28.8 Å². The molecule has 0 saturated heterocycles. The van der Waals surface area contributed by atoms with E-state index in [0.717, 1.165) is 33.7 Å². The molecular weight excluding hydrogens is 254 g/mol. The molecule has 0 aliphatic carbocycles. The van der Waals surface area contributed by atoms with Crippen molar-refractivity contribution in [1.82, 2.24) is 10.3 Å². The molecule has 0 unspecified atom stereocenters. The van der Waals surface area contributed by atoms with E-state index in [2.05, 4.69) is 55.4 Å². The van der Waals surface area contributed by atoms with Crippen molar-refractivity contribution in [2.45, 2.75) is 6.54 Å². The van der Waals surface area contributed by atoms with Gasteiger partial charge in [0.2, 0.25) is 0 Å². The topological polar surface area (TPSA) is 24.9 Å². The summed E-state index contributed by atoms with van der Waals surface area (Å²) < 4.78 is 2.07. The Labute approximate surface area is 118 Å². The Balaban J connectivity index is 2.21. The van der Waals surface area contributed by atoms with Gasteiger partial charge in [0.25, 0.3) is 0 Å². The highest BCUT2D eigenvalue weighted by Crippen LogP contribution is 2.22. The van der Waals surface area contributed by atoms with Gasteiger partial charge in [-0.15, -0.1) is 11.3 Å². The zero-order valence-electron chi connectivity index (χ0n) is 11.9. The summed E-state index contributed by atoms with van der Waals surface area (Å²) >= 11 is 1.73. The predicted octanol–water partition coefficient (Wildman–Crippen LogP) is 2.07. The molecule has 19 heavy (non-hydrogen) atoms. The van der Waals surface area contributed by atoms with Gasteiger partial charge in [0.1, 0.15) is 11.6 Å². The summed E-state index contributed by atoms with van der Waals surface area (Å²) in [6.07, 6.45) is 0. The molecule has 0 amide bonds. The average Bonchev–Trinajstić information content (AvgIpc) is 2.69. The highest BCUT2D eigenvalue weighted by molar-refractivity contribution is 7.18. The van der Waals surface area contributed by atoms with Crippen LogP contribution >= 0.6 is 11.3 Å². The Hall–Kier alpha value is -1.41. The highest BCUT2D eigenvalue weighted by atomic mass is 32.1. The minimum atomic E-state index is 0.821. The summed E-state index contributed by atoms with van der Waals surface area (Å²) in [5, 5.41) is 4.25. The fourth-order valence-electron chi connectivity index (χ4n) is 1.66. The van der Waals surface area contributed by atoms with Gasteiger partial charge in [0, 0.05) is 12.1 Å². The lowest BCUT2D eigenvalue weighted by Crippen LogP contribution is -2.34. The number of aromatic nitrogens is 1. The molecule has 4 heteroatoms. The van der Waals surface area contributed by atoms with Gasteiger partial charge in [0.05, 0.1) is 31.4 Å². The van der Waals surface area contributed by atoms with Crippen molar-refractivity contribution in [2.24, 2.45) is 0 Å². The molecule has 0 aliphatic heterocycles. The van der Waals surface area contributed by atoms with Crippen LogP contribution in [0.3, 0.4) is 0 Å². The molecule has 1 aromatic carbocycles. The summed E-state index contributed by atoms with van der Waals surface area (Å²) in [6.45, 7) is 1.67. The molecule has 0 atom stereocenters. The van der Waals surface area contributed by atoms with E-state index in [1.54, 1.807) is 11.3 Å². The number of benzene rings is 1. The zero-order chi connectivity index (χ0) is 13.9. The largest absolute Gasteiger partial charge is 0.321 e. The average molecular weight is 274 g/mol. The summed E-state index contributed by atoms with van der Waals surface area (Å²) in [5.74, 6) is 6.46. The standard InChI is InChI=1S/C15H20N3S/c1-16-11-15-17-13-8-7-12(10-14(13)19-15)6-5-9-18(2,3)4/h7-8,10,16H,9,11H2,1-4H3/q+1. The van der Waals surface area contributed by atoms with Crippen molar-refractivity contribution < 1.29 is 4.48 Å². The fourth-order valence-corrected chi connectivity index (χ4v) is 2.67. The molecule has 1 N–H and O–H groups in total. The van der Waals surface area contributed by atoms with E-state index in [-0.39, 0.29) is 0 Å². The van der Waals surface area contributed by atoms with Crippen molar-refractivity contribution in [1.29, 1.82) is 0 Å². The van der Waals surface area contributed by atoms with Crippen LogP contribution in [0.2, 0.25) is 0 Å². The Bertz CT molecular complexity index is 626. The quantitative estimate of drug-likeness (QED) is 0.685. The number of rotatable bonds is 3. The van der Waals surface area contributed by atoms with Gasteiger partial charge in [-0.05, 0) is 31.2 Å². The first-order chi connectivity index (χ1) is 8.98. The van der Waals surface area contributed by atoms with Crippen molar-refractivity contribution in [3.63, 3.8) is 0 Å². The van der Waals surface area contributed by atoms with E-state index < -0.39 is 0 Å². The summed E-state index contributed by atoms with van der Waals surface area (Å²) in [6, 6.07) is 6.24. The Morgan fingerprint density at radius 1 is 1.32 bits per heavy atom. The van der Waals surface area contributed by atoms with Crippen LogP contribution in [0.15, 0.2) is 18.2 Å². The summed E-state index contributed by atoms with van der Waals surface area (Å²) in [5.41, 5.74) is 2.13. The van der Waals surface area contributed by atoms with E-state index in [1.807, 2.05) is 13.1 Å². The van der Waals surface area contributed by atoms with Crippen molar-refractivity contribution in [3.8, 4) is 11.8 Å². The molecule has 100 valence electrons. The smallest absolute Gasteiger partial charge is 0.140 e. The van der Waals surface area contributed by atoms with Crippen LogP contribution in [0.5, 0.6) is 0 Å². The normalized spacial score (nSPS) is 11.4. The van der Waals surface area contributed by atoms with E-state index in [1.165, 1.54) is 4.70 Å². The molecule has 0 bridgehead atoms. The summed E-state index contributed by atoms with van der Waals surface area (Å²) in [7, 11) is 8.37. The maximum Gasteiger partial charge on any atom is 0.140 e. The van der Waals surface area contributed by atoms with Gasteiger partial charge in [-0.3, -0.25) is 0 Å². The maximum absolute atomic E-state index is 4.57. The number of hydrogen-bond acceptors (Lipinski definition) is 3. The van der Waals surface area contributed by atoms with E-state index >= 15 is 0 Å². The maximum atomic E-state index is 4.57. The fraction of sp³-hybridized carbons (Fsp3) is 0.400. The molecule has 0 radical (unpaired) electrons. The van der Waals surface area contributed by atoms with E-state index in [4.69, 9.17) is 0 Å². The third kappa shape index (κ3) is 4.03. The van der Waals surface area contributed by atoms with Crippen LogP contribution in [0.25, 0.3) is 10.2 Å². The minimum Gasteiger partial charge on any atom is -0.321 e. The number of nitrogens with zero attached hydrogens (tertiary/aromatic N) is 2. The van der Waals surface area contributed by atoms with Crippen molar-refractivity contribution >= 4 is 21.6 Å². The van der Waals surface area contributed by atoms with Gasteiger partial charge >= 0.3 is 0 Å². The third-order valence-corrected chi connectivity index (χ3v) is 3.57. The molecule has 1 aromatic heterocycles. The van der Waals surface area contributed by atoms with Gasteiger partial charge in [-0.2, -0.15) is 0 Å². The second-order valence-corrected chi connectivity index (χ2v) is 6.69. The molecular formula is C15H20N3S+. The molecule has 1 heterocycles. The first kappa shape index (κ1) is 14.0. The van der Waals surface area contributed by atoms with Crippen LogP contribution in [0.4, 0.5) is 0 Å². The van der Waals surface area contributed by atoms with E-state index in [0.29, 0.717) is 0 Å².